The Morgan fingerprint density at radius 1 is 0.889 bits per heavy atom. The molecule has 0 aliphatic carbocycles. The molecule has 27 heavy (non-hydrogen) atoms. The molecule has 148 valence electrons. The van der Waals surface area contributed by atoms with Gasteiger partial charge in [-0.2, -0.15) is 0 Å². The lowest BCUT2D eigenvalue weighted by Crippen LogP contribution is -2.30. The first-order valence-corrected chi connectivity index (χ1v) is 9.92. The molecule has 5 nitrogen and oxygen atoms in total. The first kappa shape index (κ1) is 21.1. The predicted molar refractivity (Wildman–Crippen MR) is 105 cm³/mol. The van der Waals surface area contributed by atoms with Crippen LogP contribution in [0.25, 0.3) is 0 Å². The summed E-state index contributed by atoms with van der Waals surface area (Å²) in [6, 6.07) is 7.02. The zero-order valence-corrected chi connectivity index (χ0v) is 16.8. The maximum atomic E-state index is 12.3. The maximum Gasteiger partial charge on any atom is 0.311 e. The summed E-state index contributed by atoms with van der Waals surface area (Å²) < 4.78 is 4.82. The zero-order valence-electron chi connectivity index (χ0n) is 16.8. The molecule has 0 saturated heterocycles. The van der Waals surface area contributed by atoms with Gasteiger partial charge in [-0.15, -0.1) is 0 Å². The fourth-order valence-electron chi connectivity index (χ4n) is 3.54. The van der Waals surface area contributed by atoms with Gasteiger partial charge in [0.25, 0.3) is 11.8 Å². The summed E-state index contributed by atoms with van der Waals surface area (Å²) >= 11 is 0. The van der Waals surface area contributed by atoms with Gasteiger partial charge in [0.05, 0.1) is 23.7 Å². The third kappa shape index (κ3) is 5.41. The van der Waals surface area contributed by atoms with Crippen molar-refractivity contribution in [1.82, 2.24) is 4.90 Å². The van der Waals surface area contributed by atoms with Gasteiger partial charge < -0.3 is 4.74 Å². The third-order valence-corrected chi connectivity index (χ3v) is 5.30. The normalized spacial score (nSPS) is 13.8. The fourth-order valence-corrected chi connectivity index (χ4v) is 3.54. The summed E-state index contributed by atoms with van der Waals surface area (Å²) in [4.78, 5) is 37.5. The molecule has 0 spiro atoms. The van der Waals surface area contributed by atoms with Crippen molar-refractivity contribution < 1.29 is 19.1 Å². The minimum absolute atomic E-state index is 0.143. The van der Waals surface area contributed by atoms with Crippen LogP contribution in [0.15, 0.2) is 24.3 Å². The van der Waals surface area contributed by atoms with Crippen molar-refractivity contribution >= 4 is 17.8 Å². The van der Waals surface area contributed by atoms with Gasteiger partial charge in [0, 0.05) is 6.54 Å². The summed E-state index contributed by atoms with van der Waals surface area (Å²) in [5.41, 5.74) is 0.649. The molecule has 0 N–H and O–H groups in total. The summed E-state index contributed by atoms with van der Waals surface area (Å²) in [6.07, 6.45) is 8.23. The molecular weight excluding hydrogens is 342 g/mol. The molecule has 1 aliphatic rings. The van der Waals surface area contributed by atoms with Gasteiger partial charge in [0.1, 0.15) is 0 Å². The second kappa shape index (κ2) is 9.67. The highest BCUT2D eigenvalue weighted by Gasteiger charge is 2.34. The number of carbonyl (C=O) groups is 3. The second-order valence-electron chi connectivity index (χ2n) is 7.91. The Kier molecular flexibility index (Phi) is 7.57. The van der Waals surface area contributed by atoms with Gasteiger partial charge in [-0.1, -0.05) is 50.7 Å². The standard InChI is InChI=1S/C22H31NO4/c1-22(2,21(26)27-3)15-11-7-5-4-6-8-12-16-23-19(24)17-13-9-10-14-18(17)20(23)25/h9-10,13-14H,4-8,11-12,15-16H2,1-3H3. The number of nitrogens with zero attached hydrogens (tertiary/aromatic N) is 1. The van der Waals surface area contributed by atoms with Crippen molar-refractivity contribution in [1.29, 1.82) is 0 Å². The Balaban J connectivity index is 1.55. The van der Waals surface area contributed by atoms with E-state index in [1.54, 1.807) is 24.3 Å². The quantitative estimate of drug-likeness (QED) is 0.323. The Bertz CT molecular complexity index is 646. The molecule has 0 atom stereocenters. The number of ether oxygens (including phenoxy) is 1. The van der Waals surface area contributed by atoms with E-state index in [-0.39, 0.29) is 17.8 Å². The lowest BCUT2D eigenvalue weighted by molar-refractivity contribution is -0.151. The van der Waals surface area contributed by atoms with Crippen molar-refractivity contribution in [2.75, 3.05) is 13.7 Å². The molecule has 5 heteroatoms. The Hall–Kier alpha value is -2.17. The van der Waals surface area contributed by atoms with Crippen LogP contribution in [-0.4, -0.2) is 36.3 Å². The predicted octanol–water partition coefficient (Wildman–Crippen LogP) is 4.60. The minimum atomic E-state index is -0.402. The topological polar surface area (TPSA) is 63.7 Å². The highest BCUT2D eigenvalue weighted by atomic mass is 16.5. The largest absolute Gasteiger partial charge is 0.469 e. The summed E-state index contributed by atoms with van der Waals surface area (Å²) in [6.45, 7) is 4.36. The number of unbranched alkanes of at least 4 members (excludes halogenated alkanes) is 6. The van der Waals surface area contributed by atoms with Crippen LogP contribution in [0.2, 0.25) is 0 Å². The fraction of sp³-hybridized carbons (Fsp3) is 0.591. The van der Waals surface area contributed by atoms with Gasteiger partial charge in [-0.25, -0.2) is 0 Å². The number of benzene rings is 1. The summed E-state index contributed by atoms with van der Waals surface area (Å²) in [5.74, 6) is -0.469. The number of hydrogen-bond donors (Lipinski definition) is 0. The van der Waals surface area contributed by atoms with Crippen molar-refractivity contribution in [3.63, 3.8) is 0 Å². The lowest BCUT2D eigenvalue weighted by atomic mass is 9.87. The van der Waals surface area contributed by atoms with Crippen LogP contribution in [0.1, 0.15) is 85.9 Å². The van der Waals surface area contributed by atoms with E-state index in [9.17, 15) is 14.4 Å². The molecule has 1 aromatic rings. The van der Waals surface area contributed by atoms with Crippen molar-refractivity contribution in [2.45, 2.75) is 65.2 Å². The monoisotopic (exact) mass is 373 g/mol. The number of hydrogen-bond acceptors (Lipinski definition) is 4. The van der Waals surface area contributed by atoms with Crippen molar-refractivity contribution in [2.24, 2.45) is 5.41 Å². The number of esters is 1. The van der Waals surface area contributed by atoms with Crippen LogP contribution in [0, 0.1) is 5.41 Å². The van der Waals surface area contributed by atoms with E-state index in [0.717, 1.165) is 51.4 Å². The number of amides is 2. The molecule has 0 saturated carbocycles. The molecule has 1 aromatic carbocycles. The Morgan fingerprint density at radius 3 is 1.89 bits per heavy atom. The maximum absolute atomic E-state index is 12.3. The first-order valence-electron chi connectivity index (χ1n) is 9.92. The van der Waals surface area contributed by atoms with Crippen LogP contribution in [0.3, 0.4) is 0 Å². The van der Waals surface area contributed by atoms with E-state index in [1.807, 2.05) is 13.8 Å². The third-order valence-electron chi connectivity index (χ3n) is 5.30. The van der Waals surface area contributed by atoms with E-state index >= 15 is 0 Å². The van der Waals surface area contributed by atoms with Crippen LogP contribution < -0.4 is 0 Å². The molecule has 1 heterocycles. The molecule has 0 bridgehead atoms. The lowest BCUT2D eigenvalue weighted by Gasteiger charge is -2.20. The van der Waals surface area contributed by atoms with Crippen LogP contribution in [0.5, 0.6) is 0 Å². The molecule has 0 fully saturated rings. The van der Waals surface area contributed by atoms with Gasteiger partial charge in [0.2, 0.25) is 0 Å². The summed E-state index contributed by atoms with van der Waals surface area (Å²) in [7, 11) is 1.44. The van der Waals surface area contributed by atoms with Crippen molar-refractivity contribution in [3.8, 4) is 0 Å². The van der Waals surface area contributed by atoms with E-state index in [0.29, 0.717) is 17.7 Å². The minimum Gasteiger partial charge on any atom is -0.469 e. The number of fused-ring (bicyclic) bond motifs is 1. The highest BCUT2D eigenvalue weighted by molar-refractivity contribution is 6.21. The molecule has 2 amide bonds. The molecular formula is C22H31NO4. The Labute approximate surface area is 162 Å². The van der Waals surface area contributed by atoms with Crippen LogP contribution in [-0.2, 0) is 9.53 Å². The molecule has 2 rings (SSSR count). The van der Waals surface area contributed by atoms with E-state index in [4.69, 9.17) is 4.74 Å². The number of imide groups is 1. The number of carbonyl (C=O) groups excluding carboxylic acids is 3. The molecule has 0 aromatic heterocycles. The van der Waals surface area contributed by atoms with E-state index < -0.39 is 5.41 Å². The second-order valence-corrected chi connectivity index (χ2v) is 7.91. The highest BCUT2D eigenvalue weighted by Crippen LogP contribution is 2.26. The summed E-state index contributed by atoms with van der Waals surface area (Å²) in [5, 5.41) is 0. The number of methoxy groups -OCH3 is 1. The zero-order chi connectivity index (χ0) is 19.9. The van der Waals surface area contributed by atoms with E-state index in [1.165, 1.54) is 12.0 Å². The average Bonchev–Trinajstić information content (AvgIpc) is 2.90. The van der Waals surface area contributed by atoms with Gasteiger partial charge in [-0.05, 0) is 38.8 Å². The SMILES string of the molecule is COC(=O)C(C)(C)CCCCCCCCCN1C(=O)c2ccccc2C1=O. The molecule has 1 aliphatic heterocycles. The van der Waals surface area contributed by atoms with E-state index in [2.05, 4.69) is 0 Å². The van der Waals surface area contributed by atoms with Crippen LogP contribution in [0.4, 0.5) is 0 Å². The average molecular weight is 373 g/mol. The van der Waals surface area contributed by atoms with Crippen LogP contribution >= 0.6 is 0 Å². The molecule has 0 unspecified atom stereocenters. The van der Waals surface area contributed by atoms with Gasteiger partial charge in [0.15, 0.2) is 0 Å². The Morgan fingerprint density at radius 2 is 1.37 bits per heavy atom. The van der Waals surface area contributed by atoms with Crippen molar-refractivity contribution in [3.05, 3.63) is 35.4 Å². The number of rotatable bonds is 11. The molecule has 0 radical (unpaired) electrons. The smallest absolute Gasteiger partial charge is 0.311 e. The van der Waals surface area contributed by atoms with Gasteiger partial charge >= 0.3 is 5.97 Å². The first-order chi connectivity index (χ1) is 12.9. The van der Waals surface area contributed by atoms with Gasteiger partial charge in [-0.3, -0.25) is 19.3 Å².